The summed E-state index contributed by atoms with van der Waals surface area (Å²) in [5.74, 6) is 4.17. The zero-order chi connectivity index (χ0) is 17.8. The monoisotopic (exact) mass is 372 g/mol. The topological polar surface area (TPSA) is 65.5 Å². The van der Waals surface area contributed by atoms with Crippen molar-refractivity contribution in [2.24, 2.45) is 0 Å². The van der Waals surface area contributed by atoms with E-state index in [4.69, 9.17) is 14.2 Å². The van der Waals surface area contributed by atoms with Gasteiger partial charge in [0.1, 0.15) is 5.75 Å². The lowest BCUT2D eigenvalue weighted by Crippen LogP contribution is -2.17. The summed E-state index contributed by atoms with van der Waals surface area (Å²) < 4.78 is 18.2. The summed E-state index contributed by atoms with van der Waals surface area (Å²) in [6.45, 7) is 1.63. The molecule has 1 aliphatic rings. The number of benzene rings is 2. The number of aromatic amines is 1. The van der Waals surface area contributed by atoms with Gasteiger partial charge in [-0.15, -0.1) is 0 Å². The lowest BCUT2D eigenvalue weighted by molar-refractivity contribution is 0.174. The van der Waals surface area contributed by atoms with Crippen molar-refractivity contribution in [2.45, 2.75) is 13.0 Å². The molecule has 1 aromatic heterocycles. The zero-order valence-electron chi connectivity index (χ0n) is 14.3. The number of fused-ring (bicyclic) bond motifs is 2. The Labute approximate surface area is 155 Å². The van der Waals surface area contributed by atoms with Crippen LogP contribution in [0.5, 0.6) is 17.2 Å². The van der Waals surface area contributed by atoms with Gasteiger partial charge in [0, 0.05) is 18.4 Å². The second-order valence-electron chi connectivity index (χ2n) is 5.93. The number of H-pyrrole nitrogens is 1. The molecular formula is C19H20N2O4S. The molecule has 0 amide bonds. The van der Waals surface area contributed by atoms with E-state index in [1.807, 2.05) is 54.2 Å². The van der Waals surface area contributed by atoms with E-state index in [-0.39, 0.29) is 12.5 Å². The fourth-order valence-electron chi connectivity index (χ4n) is 2.94. The molecular weight excluding hydrogens is 352 g/mol. The minimum absolute atomic E-state index is 0.0395. The molecule has 6 nitrogen and oxygen atoms in total. The Morgan fingerprint density at radius 1 is 1.12 bits per heavy atom. The normalized spacial score (nSPS) is 12.6. The number of aromatic nitrogens is 2. The first-order valence-electron chi connectivity index (χ1n) is 8.59. The van der Waals surface area contributed by atoms with E-state index < -0.39 is 0 Å². The number of ether oxygens (including phenoxy) is 3. The van der Waals surface area contributed by atoms with Crippen LogP contribution in [0.1, 0.15) is 6.42 Å². The van der Waals surface area contributed by atoms with Crippen LogP contribution in [0.4, 0.5) is 0 Å². The molecule has 0 spiro atoms. The maximum Gasteiger partial charge on any atom is 0.326 e. The molecule has 26 heavy (non-hydrogen) atoms. The lowest BCUT2D eigenvalue weighted by Gasteiger charge is -2.07. The lowest BCUT2D eigenvalue weighted by atomic mass is 10.3. The first kappa shape index (κ1) is 16.9. The average Bonchev–Trinajstić information content (AvgIpc) is 3.24. The molecule has 2 heterocycles. The highest BCUT2D eigenvalue weighted by Crippen LogP contribution is 2.35. The summed E-state index contributed by atoms with van der Waals surface area (Å²) in [6, 6.07) is 13.4. The third kappa shape index (κ3) is 3.67. The molecule has 0 unspecified atom stereocenters. The van der Waals surface area contributed by atoms with Crippen LogP contribution in [0.3, 0.4) is 0 Å². The number of thioether (sulfide) groups is 1. The molecule has 136 valence electrons. The minimum atomic E-state index is -0.0395. The predicted octanol–water partition coefficient (Wildman–Crippen LogP) is 3.26. The van der Waals surface area contributed by atoms with Gasteiger partial charge in [-0.05, 0) is 36.4 Å². The largest absolute Gasteiger partial charge is 0.493 e. The fraction of sp³-hybridized carbons (Fsp3) is 0.316. The van der Waals surface area contributed by atoms with E-state index in [2.05, 4.69) is 4.98 Å². The van der Waals surface area contributed by atoms with Gasteiger partial charge in [-0.25, -0.2) is 4.79 Å². The van der Waals surface area contributed by atoms with Crippen LogP contribution in [-0.2, 0) is 6.54 Å². The summed E-state index contributed by atoms with van der Waals surface area (Å²) in [4.78, 5) is 14.9. The Hall–Kier alpha value is -2.54. The van der Waals surface area contributed by atoms with Crippen molar-refractivity contribution < 1.29 is 14.2 Å². The van der Waals surface area contributed by atoms with Crippen LogP contribution in [0.15, 0.2) is 47.3 Å². The SMILES string of the molecule is O=c1[nH]c2ccccc2n1CCCSCCOc1ccc2c(c1)OCO2. The van der Waals surface area contributed by atoms with Crippen molar-refractivity contribution >= 4 is 22.8 Å². The van der Waals surface area contributed by atoms with Gasteiger partial charge in [0.2, 0.25) is 6.79 Å². The van der Waals surface area contributed by atoms with E-state index >= 15 is 0 Å². The standard InChI is InChI=1S/C19H20N2O4S/c22-19-20-15-4-1-2-5-16(15)21(19)8-3-10-26-11-9-23-14-6-7-17-18(12-14)25-13-24-17/h1-2,4-7,12H,3,8-11,13H2,(H,20,22). The number of para-hydroxylation sites is 2. The number of imidazole rings is 1. The molecule has 4 rings (SSSR count). The number of nitrogens with zero attached hydrogens (tertiary/aromatic N) is 1. The number of aryl methyl sites for hydroxylation is 1. The van der Waals surface area contributed by atoms with Gasteiger partial charge >= 0.3 is 5.69 Å². The Morgan fingerprint density at radius 2 is 2.00 bits per heavy atom. The highest BCUT2D eigenvalue weighted by atomic mass is 32.2. The van der Waals surface area contributed by atoms with E-state index in [1.54, 1.807) is 4.57 Å². The van der Waals surface area contributed by atoms with Crippen LogP contribution in [0.2, 0.25) is 0 Å². The first-order chi connectivity index (χ1) is 12.8. The van der Waals surface area contributed by atoms with Crippen LogP contribution >= 0.6 is 11.8 Å². The van der Waals surface area contributed by atoms with Crippen molar-refractivity contribution in [1.82, 2.24) is 9.55 Å². The van der Waals surface area contributed by atoms with Gasteiger partial charge in [0.25, 0.3) is 0 Å². The van der Waals surface area contributed by atoms with Crippen molar-refractivity contribution in [3.63, 3.8) is 0 Å². The minimum Gasteiger partial charge on any atom is -0.493 e. The Bertz CT molecular complexity index is 950. The first-order valence-corrected chi connectivity index (χ1v) is 9.74. The Kier molecular flexibility index (Phi) is 5.06. The quantitative estimate of drug-likeness (QED) is 0.615. The van der Waals surface area contributed by atoms with Crippen molar-refractivity contribution in [1.29, 1.82) is 0 Å². The summed E-state index contributed by atoms with van der Waals surface area (Å²) in [6.07, 6.45) is 0.941. The van der Waals surface area contributed by atoms with Gasteiger partial charge in [-0.1, -0.05) is 12.1 Å². The molecule has 1 aliphatic heterocycles. The van der Waals surface area contributed by atoms with Gasteiger partial charge in [0.05, 0.1) is 17.6 Å². The third-order valence-corrected chi connectivity index (χ3v) is 5.23. The van der Waals surface area contributed by atoms with E-state index in [9.17, 15) is 4.79 Å². The molecule has 0 fully saturated rings. The molecule has 0 saturated heterocycles. The van der Waals surface area contributed by atoms with Crippen LogP contribution in [0.25, 0.3) is 11.0 Å². The van der Waals surface area contributed by atoms with Crippen LogP contribution in [0, 0.1) is 0 Å². The zero-order valence-corrected chi connectivity index (χ0v) is 15.1. The van der Waals surface area contributed by atoms with E-state index in [0.29, 0.717) is 6.61 Å². The average molecular weight is 372 g/mol. The molecule has 0 bridgehead atoms. The van der Waals surface area contributed by atoms with Gasteiger partial charge < -0.3 is 19.2 Å². The molecule has 2 aromatic carbocycles. The second-order valence-corrected chi connectivity index (χ2v) is 7.15. The Balaban J connectivity index is 1.18. The third-order valence-electron chi connectivity index (χ3n) is 4.19. The van der Waals surface area contributed by atoms with E-state index in [0.717, 1.165) is 52.8 Å². The van der Waals surface area contributed by atoms with Crippen molar-refractivity contribution in [3.05, 3.63) is 52.9 Å². The summed E-state index contributed by atoms with van der Waals surface area (Å²) >= 11 is 1.82. The highest BCUT2D eigenvalue weighted by molar-refractivity contribution is 7.99. The number of hydrogen-bond donors (Lipinski definition) is 1. The molecule has 0 radical (unpaired) electrons. The molecule has 7 heteroatoms. The highest BCUT2D eigenvalue weighted by Gasteiger charge is 2.13. The summed E-state index contributed by atoms with van der Waals surface area (Å²) in [7, 11) is 0. The van der Waals surface area contributed by atoms with Gasteiger partial charge in [0.15, 0.2) is 11.5 Å². The van der Waals surface area contributed by atoms with Gasteiger partial charge in [-0.3, -0.25) is 4.57 Å². The smallest absolute Gasteiger partial charge is 0.326 e. The van der Waals surface area contributed by atoms with Crippen LogP contribution in [-0.4, -0.2) is 34.5 Å². The number of rotatable bonds is 8. The predicted molar refractivity (Wildman–Crippen MR) is 103 cm³/mol. The maximum atomic E-state index is 12.0. The number of nitrogens with one attached hydrogen (secondary N) is 1. The van der Waals surface area contributed by atoms with Gasteiger partial charge in [-0.2, -0.15) is 11.8 Å². The molecule has 1 N–H and O–H groups in total. The molecule has 3 aromatic rings. The van der Waals surface area contributed by atoms with Crippen LogP contribution < -0.4 is 19.9 Å². The van der Waals surface area contributed by atoms with E-state index in [1.165, 1.54) is 0 Å². The number of hydrogen-bond acceptors (Lipinski definition) is 5. The molecule has 0 saturated carbocycles. The summed E-state index contributed by atoms with van der Waals surface area (Å²) in [5, 5.41) is 0. The summed E-state index contributed by atoms with van der Waals surface area (Å²) in [5.41, 5.74) is 1.82. The molecule has 0 aliphatic carbocycles. The van der Waals surface area contributed by atoms with Crippen molar-refractivity contribution in [2.75, 3.05) is 24.9 Å². The Morgan fingerprint density at radius 3 is 2.96 bits per heavy atom. The fourth-order valence-corrected chi connectivity index (χ4v) is 3.68. The van der Waals surface area contributed by atoms with Crippen molar-refractivity contribution in [3.8, 4) is 17.2 Å². The second kappa shape index (κ2) is 7.78. The maximum absolute atomic E-state index is 12.0. The molecule has 0 atom stereocenters.